The van der Waals surface area contributed by atoms with Crippen LogP contribution in [0.4, 0.5) is 4.79 Å². The van der Waals surface area contributed by atoms with Gasteiger partial charge in [-0.1, -0.05) is 48.5 Å². The fourth-order valence-corrected chi connectivity index (χ4v) is 2.58. The topological polar surface area (TPSA) is 74.6 Å². The molecule has 108 valence electrons. The first-order valence-corrected chi connectivity index (χ1v) is 6.72. The molecule has 0 spiro atoms. The zero-order valence-electron chi connectivity index (χ0n) is 11.5. The van der Waals surface area contributed by atoms with Gasteiger partial charge < -0.3 is 10.2 Å². The van der Waals surface area contributed by atoms with Crippen LogP contribution >= 0.6 is 0 Å². The van der Waals surface area contributed by atoms with Crippen molar-refractivity contribution in [1.29, 1.82) is 0 Å². The molecule has 0 aromatic heterocycles. The average molecular weight is 284 g/mol. The van der Waals surface area contributed by atoms with Crippen LogP contribution in [0.15, 0.2) is 48.5 Å². The normalized spacial score (nSPS) is 12.0. The molecule has 0 heterocycles. The SMILES string of the molecule is O=C(O)O.O=C(c1ccccc1)c1cccc2c1CCC2. The lowest BCUT2D eigenvalue weighted by atomic mass is 9.96. The summed E-state index contributed by atoms with van der Waals surface area (Å²) in [6, 6.07) is 15.6. The van der Waals surface area contributed by atoms with Crippen LogP contribution in [0.5, 0.6) is 0 Å². The quantitative estimate of drug-likeness (QED) is 0.826. The van der Waals surface area contributed by atoms with Gasteiger partial charge in [0.25, 0.3) is 0 Å². The van der Waals surface area contributed by atoms with Gasteiger partial charge in [0.2, 0.25) is 0 Å². The van der Waals surface area contributed by atoms with Gasteiger partial charge in [-0.15, -0.1) is 0 Å². The number of aryl methyl sites for hydroxylation is 1. The van der Waals surface area contributed by atoms with Crippen molar-refractivity contribution in [3.05, 3.63) is 70.8 Å². The van der Waals surface area contributed by atoms with Gasteiger partial charge >= 0.3 is 6.16 Å². The first kappa shape index (κ1) is 14.8. The molecule has 0 atom stereocenters. The minimum absolute atomic E-state index is 0.157. The van der Waals surface area contributed by atoms with Crippen molar-refractivity contribution in [2.24, 2.45) is 0 Å². The first-order chi connectivity index (χ1) is 10.1. The van der Waals surface area contributed by atoms with E-state index >= 15 is 0 Å². The fraction of sp³-hybridized carbons (Fsp3) is 0.176. The fourth-order valence-electron chi connectivity index (χ4n) is 2.58. The molecule has 0 radical (unpaired) electrons. The van der Waals surface area contributed by atoms with E-state index in [1.807, 2.05) is 42.5 Å². The minimum Gasteiger partial charge on any atom is -0.450 e. The maximum atomic E-state index is 12.4. The Morgan fingerprint density at radius 3 is 2.19 bits per heavy atom. The molecular formula is C17H16O4. The summed E-state index contributed by atoms with van der Waals surface area (Å²) in [5.41, 5.74) is 4.30. The molecule has 0 saturated carbocycles. The van der Waals surface area contributed by atoms with E-state index in [4.69, 9.17) is 15.0 Å². The van der Waals surface area contributed by atoms with Gasteiger partial charge in [-0.25, -0.2) is 4.79 Å². The van der Waals surface area contributed by atoms with Gasteiger partial charge in [0.1, 0.15) is 0 Å². The number of carbonyl (C=O) groups is 2. The molecule has 2 aromatic rings. The summed E-state index contributed by atoms with van der Waals surface area (Å²) in [5.74, 6) is 0.157. The van der Waals surface area contributed by atoms with E-state index in [1.165, 1.54) is 17.5 Å². The number of hydrogen-bond donors (Lipinski definition) is 2. The zero-order chi connectivity index (χ0) is 15.2. The average Bonchev–Trinajstić information content (AvgIpc) is 2.95. The second-order valence-electron chi connectivity index (χ2n) is 4.77. The number of ketones is 1. The molecule has 0 saturated heterocycles. The largest absolute Gasteiger partial charge is 0.503 e. The van der Waals surface area contributed by atoms with Crippen molar-refractivity contribution in [1.82, 2.24) is 0 Å². The molecule has 4 nitrogen and oxygen atoms in total. The maximum Gasteiger partial charge on any atom is 0.503 e. The number of benzene rings is 2. The zero-order valence-corrected chi connectivity index (χ0v) is 11.5. The molecule has 0 bridgehead atoms. The second kappa shape index (κ2) is 6.70. The van der Waals surface area contributed by atoms with E-state index in [0.717, 1.165) is 24.0 Å². The third-order valence-corrected chi connectivity index (χ3v) is 3.43. The standard InChI is InChI=1S/C16H14O.CH2O3/c17-16(13-6-2-1-3-7-13)15-11-5-9-12-8-4-10-14(12)15;2-1(3)4/h1-3,5-7,9,11H,4,8,10H2;(H2,2,3,4). The predicted octanol–water partition coefficient (Wildman–Crippen LogP) is 3.63. The highest BCUT2D eigenvalue weighted by molar-refractivity contribution is 6.10. The molecule has 0 amide bonds. The van der Waals surface area contributed by atoms with Crippen LogP contribution in [0.3, 0.4) is 0 Å². The number of rotatable bonds is 2. The Hall–Kier alpha value is -2.62. The Balaban J connectivity index is 0.000000361. The van der Waals surface area contributed by atoms with E-state index in [1.54, 1.807) is 0 Å². The van der Waals surface area contributed by atoms with E-state index in [0.29, 0.717) is 0 Å². The van der Waals surface area contributed by atoms with Gasteiger partial charge in [0.15, 0.2) is 5.78 Å². The van der Waals surface area contributed by atoms with Crippen LogP contribution in [-0.2, 0) is 12.8 Å². The van der Waals surface area contributed by atoms with Crippen molar-refractivity contribution in [2.45, 2.75) is 19.3 Å². The van der Waals surface area contributed by atoms with Gasteiger partial charge in [-0.05, 0) is 30.4 Å². The molecule has 4 heteroatoms. The highest BCUT2D eigenvalue weighted by Crippen LogP contribution is 2.26. The lowest BCUT2D eigenvalue weighted by Crippen LogP contribution is -2.05. The molecule has 0 unspecified atom stereocenters. The Kier molecular flexibility index (Phi) is 4.72. The van der Waals surface area contributed by atoms with Crippen LogP contribution in [0.2, 0.25) is 0 Å². The summed E-state index contributed by atoms with van der Waals surface area (Å²) in [4.78, 5) is 21.0. The third-order valence-electron chi connectivity index (χ3n) is 3.43. The van der Waals surface area contributed by atoms with E-state index in [9.17, 15) is 4.79 Å². The van der Waals surface area contributed by atoms with Crippen LogP contribution in [0.25, 0.3) is 0 Å². The summed E-state index contributed by atoms with van der Waals surface area (Å²) in [7, 11) is 0. The number of hydrogen-bond acceptors (Lipinski definition) is 2. The Labute approximate surface area is 122 Å². The summed E-state index contributed by atoms with van der Waals surface area (Å²) in [5, 5.41) is 13.9. The van der Waals surface area contributed by atoms with Crippen LogP contribution < -0.4 is 0 Å². The molecule has 1 aliphatic rings. The molecule has 1 aliphatic carbocycles. The minimum atomic E-state index is -1.83. The highest BCUT2D eigenvalue weighted by atomic mass is 16.6. The smallest absolute Gasteiger partial charge is 0.450 e. The Morgan fingerprint density at radius 1 is 0.857 bits per heavy atom. The predicted molar refractivity (Wildman–Crippen MR) is 79.0 cm³/mol. The summed E-state index contributed by atoms with van der Waals surface area (Å²) in [6.45, 7) is 0. The van der Waals surface area contributed by atoms with Crippen molar-refractivity contribution >= 4 is 11.9 Å². The number of carboxylic acid groups (broad SMARTS) is 2. The van der Waals surface area contributed by atoms with Crippen LogP contribution in [0, 0.1) is 0 Å². The summed E-state index contributed by atoms with van der Waals surface area (Å²) in [6.07, 6.45) is 1.50. The molecule has 0 aliphatic heterocycles. The molecule has 3 rings (SSSR count). The molecule has 2 aromatic carbocycles. The van der Waals surface area contributed by atoms with Crippen LogP contribution in [0.1, 0.15) is 33.5 Å². The molecule has 21 heavy (non-hydrogen) atoms. The monoisotopic (exact) mass is 284 g/mol. The lowest BCUT2D eigenvalue weighted by molar-refractivity contribution is 0.103. The summed E-state index contributed by atoms with van der Waals surface area (Å²) >= 11 is 0. The van der Waals surface area contributed by atoms with Gasteiger partial charge in [-0.3, -0.25) is 4.79 Å². The molecular weight excluding hydrogens is 268 g/mol. The highest BCUT2D eigenvalue weighted by Gasteiger charge is 2.19. The van der Waals surface area contributed by atoms with Crippen molar-refractivity contribution < 1.29 is 19.8 Å². The number of carbonyl (C=O) groups excluding carboxylic acids is 1. The van der Waals surface area contributed by atoms with Gasteiger partial charge in [-0.2, -0.15) is 0 Å². The van der Waals surface area contributed by atoms with E-state index < -0.39 is 6.16 Å². The van der Waals surface area contributed by atoms with E-state index in [2.05, 4.69) is 6.07 Å². The molecule has 0 fully saturated rings. The van der Waals surface area contributed by atoms with Crippen molar-refractivity contribution in [2.75, 3.05) is 0 Å². The second-order valence-corrected chi connectivity index (χ2v) is 4.77. The van der Waals surface area contributed by atoms with E-state index in [-0.39, 0.29) is 5.78 Å². The van der Waals surface area contributed by atoms with Crippen molar-refractivity contribution in [3.8, 4) is 0 Å². The van der Waals surface area contributed by atoms with Gasteiger partial charge in [0, 0.05) is 11.1 Å². The first-order valence-electron chi connectivity index (χ1n) is 6.72. The van der Waals surface area contributed by atoms with Crippen LogP contribution in [-0.4, -0.2) is 22.2 Å². The third kappa shape index (κ3) is 3.69. The Morgan fingerprint density at radius 2 is 1.52 bits per heavy atom. The van der Waals surface area contributed by atoms with Gasteiger partial charge in [0.05, 0.1) is 0 Å². The maximum absolute atomic E-state index is 12.4. The number of fused-ring (bicyclic) bond motifs is 1. The lowest BCUT2D eigenvalue weighted by Gasteiger charge is -2.07. The molecule has 2 N–H and O–H groups in total. The Bertz CT molecular complexity index is 643. The summed E-state index contributed by atoms with van der Waals surface area (Å²) < 4.78 is 0. The van der Waals surface area contributed by atoms with Crippen molar-refractivity contribution in [3.63, 3.8) is 0 Å².